The Morgan fingerprint density at radius 3 is 2.38 bits per heavy atom. The first-order valence-corrected chi connectivity index (χ1v) is 9.00. The van der Waals surface area contributed by atoms with Gasteiger partial charge < -0.3 is 15.2 Å². The van der Waals surface area contributed by atoms with E-state index in [4.69, 9.17) is 16.3 Å². The molecule has 0 aromatic heterocycles. The highest BCUT2D eigenvalue weighted by molar-refractivity contribution is 6.30. The van der Waals surface area contributed by atoms with Crippen LogP contribution in [0.4, 0.5) is 0 Å². The van der Waals surface area contributed by atoms with Gasteiger partial charge in [0.25, 0.3) is 0 Å². The Labute approximate surface area is 159 Å². The summed E-state index contributed by atoms with van der Waals surface area (Å²) < 4.78 is 5.67. The van der Waals surface area contributed by atoms with Gasteiger partial charge in [-0.1, -0.05) is 66.2 Å². The van der Waals surface area contributed by atoms with Crippen LogP contribution in [0.3, 0.4) is 0 Å². The molecule has 0 saturated carbocycles. The smallest absolute Gasteiger partial charge is 0.119 e. The van der Waals surface area contributed by atoms with Gasteiger partial charge in [-0.15, -0.1) is 0 Å². The lowest BCUT2D eigenvalue weighted by Gasteiger charge is -2.14. The van der Waals surface area contributed by atoms with E-state index < -0.39 is 6.10 Å². The first-order valence-electron chi connectivity index (χ1n) is 8.62. The van der Waals surface area contributed by atoms with Gasteiger partial charge in [-0.2, -0.15) is 0 Å². The summed E-state index contributed by atoms with van der Waals surface area (Å²) in [7, 11) is 0. The monoisotopic (exact) mass is 367 g/mol. The van der Waals surface area contributed by atoms with Crippen LogP contribution < -0.4 is 10.1 Å². The van der Waals surface area contributed by atoms with Crippen LogP contribution in [0.25, 0.3) is 11.1 Å². The van der Waals surface area contributed by atoms with Gasteiger partial charge in [-0.25, -0.2) is 0 Å². The molecule has 3 nitrogen and oxygen atoms in total. The molecular weight excluding hydrogens is 346 g/mol. The van der Waals surface area contributed by atoms with E-state index in [1.165, 1.54) is 5.56 Å². The van der Waals surface area contributed by atoms with Crippen LogP contribution in [0.2, 0.25) is 5.02 Å². The Kier molecular flexibility index (Phi) is 6.67. The zero-order valence-electron chi connectivity index (χ0n) is 14.4. The number of nitrogens with one attached hydrogen (secondary N) is 1. The minimum Gasteiger partial charge on any atom is -0.491 e. The Morgan fingerprint density at radius 1 is 0.885 bits per heavy atom. The minimum absolute atomic E-state index is 0.248. The van der Waals surface area contributed by atoms with Crippen LogP contribution in [-0.4, -0.2) is 24.4 Å². The van der Waals surface area contributed by atoms with Gasteiger partial charge in [0, 0.05) is 18.1 Å². The molecule has 1 unspecified atom stereocenters. The zero-order chi connectivity index (χ0) is 18.2. The maximum atomic E-state index is 10.0. The SMILES string of the molecule is OC(CNCc1ccccc1)COc1ccc(-c2cccc(Cl)c2)cc1. The van der Waals surface area contributed by atoms with E-state index in [1.807, 2.05) is 66.7 Å². The summed E-state index contributed by atoms with van der Waals surface area (Å²) >= 11 is 6.03. The van der Waals surface area contributed by atoms with E-state index >= 15 is 0 Å². The lowest BCUT2D eigenvalue weighted by Crippen LogP contribution is -2.31. The largest absolute Gasteiger partial charge is 0.491 e. The number of hydrogen-bond acceptors (Lipinski definition) is 3. The van der Waals surface area contributed by atoms with Gasteiger partial charge >= 0.3 is 0 Å². The topological polar surface area (TPSA) is 41.5 Å². The van der Waals surface area contributed by atoms with Crippen molar-refractivity contribution >= 4 is 11.6 Å². The summed E-state index contributed by atoms with van der Waals surface area (Å²) in [5.41, 5.74) is 3.33. The van der Waals surface area contributed by atoms with Gasteiger partial charge in [-0.3, -0.25) is 0 Å². The molecule has 3 aromatic carbocycles. The zero-order valence-corrected chi connectivity index (χ0v) is 15.2. The fraction of sp³-hybridized carbons (Fsp3) is 0.182. The van der Waals surface area contributed by atoms with Crippen LogP contribution in [0.5, 0.6) is 5.75 Å². The number of rotatable bonds is 8. The second kappa shape index (κ2) is 9.39. The van der Waals surface area contributed by atoms with Crippen molar-refractivity contribution in [3.63, 3.8) is 0 Å². The quantitative estimate of drug-likeness (QED) is 0.614. The summed E-state index contributed by atoms with van der Waals surface area (Å²) in [5.74, 6) is 0.734. The molecule has 0 spiro atoms. The molecule has 0 bridgehead atoms. The van der Waals surface area contributed by atoms with E-state index in [0.717, 1.165) is 23.4 Å². The molecule has 0 radical (unpaired) electrons. The first kappa shape index (κ1) is 18.5. The van der Waals surface area contributed by atoms with Crippen molar-refractivity contribution in [3.8, 4) is 16.9 Å². The van der Waals surface area contributed by atoms with Crippen LogP contribution >= 0.6 is 11.6 Å². The van der Waals surface area contributed by atoms with Crippen LogP contribution in [-0.2, 0) is 6.54 Å². The van der Waals surface area contributed by atoms with Gasteiger partial charge in [0.15, 0.2) is 0 Å². The average molecular weight is 368 g/mol. The van der Waals surface area contributed by atoms with E-state index in [9.17, 15) is 5.11 Å². The molecule has 0 fully saturated rings. The predicted octanol–water partition coefficient (Wildman–Crippen LogP) is 4.54. The van der Waals surface area contributed by atoms with Crippen molar-refractivity contribution in [2.24, 2.45) is 0 Å². The van der Waals surface area contributed by atoms with Gasteiger partial charge in [-0.05, 0) is 41.0 Å². The van der Waals surface area contributed by atoms with Crippen molar-refractivity contribution < 1.29 is 9.84 Å². The van der Waals surface area contributed by atoms with Crippen LogP contribution in [0.1, 0.15) is 5.56 Å². The third-order valence-electron chi connectivity index (χ3n) is 4.01. The molecule has 3 aromatic rings. The molecule has 4 heteroatoms. The van der Waals surface area contributed by atoms with Crippen molar-refractivity contribution in [1.82, 2.24) is 5.32 Å². The standard InChI is InChI=1S/C22H22ClNO2/c23-20-8-4-7-19(13-20)18-9-11-22(12-10-18)26-16-21(25)15-24-14-17-5-2-1-3-6-17/h1-13,21,24-25H,14-16H2. The summed E-state index contributed by atoms with van der Waals surface area (Å²) in [4.78, 5) is 0. The van der Waals surface area contributed by atoms with Gasteiger partial charge in [0.05, 0.1) is 0 Å². The molecule has 26 heavy (non-hydrogen) atoms. The Bertz CT molecular complexity index is 806. The van der Waals surface area contributed by atoms with E-state index in [1.54, 1.807) is 0 Å². The van der Waals surface area contributed by atoms with Crippen LogP contribution in [0.15, 0.2) is 78.9 Å². The van der Waals surface area contributed by atoms with E-state index in [0.29, 0.717) is 11.6 Å². The van der Waals surface area contributed by atoms with Crippen molar-refractivity contribution in [3.05, 3.63) is 89.4 Å². The summed E-state index contributed by atoms with van der Waals surface area (Å²) in [5, 5.41) is 14.0. The Morgan fingerprint density at radius 2 is 1.65 bits per heavy atom. The number of aliphatic hydroxyl groups excluding tert-OH is 1. The Balaban J connectivity index is 1.44. The Hall–Kier alpha value is -2.33. The van der Waals surface area contributed by atoms with Gasteiger partial charge in [0.2, 0.25) is 0 Å². The molecule has 134 valence electrons. The molecule has 0 aliphatic heterocycles. The average Bonchev–Trinajstić information content (AvgIpc) is 2.68. The van der Waals surface area contributed by atoms with Crippen molar-refractivity contribution in [1.29, 1.82) is 0 Å². The molecule has 0 aliphatic rings. The molecule has 1 atom stereocenters. The third kappa shape index (κ3) is 5.60. The van der Waals surface area contributed by atoms with E-state index in [-0.39, 0.29) is 6.61 Å². The lowest BCUT2D eigenvalue weighted by atomic mass is 10.1. The summed E-state index contributed by atoms with van der Waals surface area (Å²) in [6.07, 6.45) is -0.564. The van der Waals surface area contributed by atoms with Gasteiger partial charge in [0.1, 0.15) is 18.5 Å². The highest BCUT2D eigenvalue weighted by Gasteiger charge is 2.06. The second-order valence-corrected chi connectivity index (χ2v) is 6.55. The third-order valence-corrected chi connectivity index (χ3v) is 4.24. The number of ether oxygens (including phenoxy) is 1. The highest BCUT2D eigenvalue weighted by atomic mass is 35.5. The first-order chi connectivity index (χ1) is 12.7. The second-order valence-electron chi connectivity index (χ2n) is 6.12. The summed E-state index contributed by atoms with van der Waals surface area (Å²) in [6, 6.07) is 25.6. The number of aliphatic hydroxyl groups is 1. The normalized spacial score (nSPS) is 11.9. The number of halogens is 1. The fourth-order valence-electron chi connectivity index (χ4n) is 2.64. The molecule has 0 saturated heterocycles. The highest BCUT2D eigenvalue weighted by Crippen LogP contribution is 2.24. The van der Waals surface area contributed by atoms with Crippen molar-refractivity contribution in [2.75, 3.05) is 13.2 Å². The maximum Gasteiger partial charge on any atom is 0.119 e. The number of benzene rings is 3. The maximum absolute atomic E-state index is 10.0. The molecule has 0 amide bonds. The molecule has 0 aliphatic carbocycles. The predicted molar refractivity (Wildman–Crippen MR) is 107 cm³/mol. The van der Waals surface area contributed by atoms with Crippen molar-refractivity contribution in [2.45, 2.75) is 12.6 Å². The molecule has 3 rings (SSSR count). The number of hydrogen-bond donors (Lipinski definition) is 2. The molecule has 2 N–H and O–H groups in total. The lowest BCUT2D eigenvalue weighted by molar-refractivity contribution is 0.106. The minimum atomic E-state index is -0.564. The fourth-order valence-corrected chi connectivity index (χ4v) is 2.83. The summed E-state index contributed by atoms with van der Waals surface area (Å²) in [6.45, 7) is 1.46. The van der Waals surface area contributed by atoms with E-state index in [2.05, 4.69) is 17.4 Å². The van der Waals surface area contributed by atoms with Crippen LogP contribution in [0, 0.1) is 0 Å². The molecular formula is C22H22ClNO2. The molecule has 0 heterocycles.